The Hall–Kier alpha value is -1.85. The summed E-state index contributed by atoms with van der Waals surface area (Å²) in [6, 6.07) is 1.52. The lowest BCUT2D eigenvalue weighted by Gasteiger charge is -2.33. The molecule has 0 fully saturated rings. The number of carboxylic acid groups (broad SMARTS) is 1. The summed E-state index contributed by atoms with van der Waals surface area (Å²) in [5.74, 6) is -0.767. The number of amides is 1. The first kappa shape index (κ1) is 13.2. The first-order valence-corrected chi connectivity index (χ1v) is 5.17. The molecule has 0 saturated carbocycles. The van der Waals surface area contributed by atoms with Crippen LogP contribution in [0, 0.1) is 6.92 Å². The van der Waals surface area contributed by atoms with Crippen molar-refractivity contribution < 1.29 is 19.2 Å². The minimum absolute atomic E-state index is 0.133. The van der Waals surface area contributed by atoms with E-state index < -0.39 is 11.5 Å². The van der Waals surface area contributed by atoms with Crippen molar-refractivity contribution in [3.8, 4) is 0 Å². The van der Waals surface area contributed by atoms with Crippen molar-refractivity contribution in [3.63, 3.8) is 0 Å². The first-order valence-electron chi connectivity index (χ1n) is 5.17. The molecule has 0 radical (unpaired) electrons. The van der Waals surface area contributed by atoms with Crippen LogP contribution in [0.3, 0.4) is 0 Å². The molecule has 1 aromatic rings. The second kappa shape index (κ2) is 4.57. The number of carbonyl (C=O) groups excluding carboxylic acids is 1. The van der Waals surface area contributed by atoms with Gasteiger partial charge in [-0.05, 0) is 20.8 Å². The van der Waals surface area contributed by atoms with Gasteiger partial charge in [0.15, 0.2) is 5.69 Å². The van der Waals surface area contributed by atoms with Crippen LogP contribution in [0.1, 0.15) is 36.5 Å². The maximum absolute atomic E-state index is 12.0. The number of hydrogen-bond donors (Lipinski definition) is 1. The molecule has 1 heterocycles. The van der Waals surface area contributed by atoms with E-state index in [0.29, 0.717) is 5.76 Å². The van der Waals surface area contributed by atoms with Crippen molar-refractivity contribution in [3.05, 3.63) is 17.5 Å². The molecule has 1 amide bonds. The average Bonchev–Trinajstić information content (AvgIpc) is 2.60. The Morgan fingerprint density at radius 2 is 2.12 bits per heavy atom. The van der Waals surface area contributed by atoms with E-state index in [0.717, 1.165) is 0 Å². The first-order chi connectivity index (χ1) is 7.74. The second-order valence-corrected chi connectivity index (χ2v) is 4.57. The van der Waals surface area contributed by atoms with E-state index in [-0.39, 0.29) is 18.0 Å². The number of nitrogens with zero attached hydrogens (tertiary/aromatic N) is 2. The molecule has 0 unspecified atom stereocenters. The van der Waals surface area contributed by atoms with Crippen LogP contribution >= 0.6 is 0 Å². The molecule has 0 aliphatic rings. The highest BCUT2D eigenvalue weighted by Crippen LogP contribution is 2.19. The van der Waals surface area contributed by atoms with Gasteiger partial charge in [0.2, 0.25) is 0 Å². The van der Waals surface area contributed by atoms with Gasteiger partial charge in [-0.2, -0.15) is 0 Å². The Kier molecular flexibility index (Phi) is 3.55. The Morgan fingerprint density at radius 3 is 2.53 bits per heavy atom. The molecule has 0 spiro atoms. The number of carboxylic acids is 1. The van der Waals surface area contributed by atoms with Crippen molar-refractivity contribution in [1.82, 2.24) is 10.1 Å². The van der Waals surface area contributed by atoms with Crippen LogP contribution in [0.15, 0.2) is 10.6 Å². The summed E-state index contributed by atoms with van der Waals surface area (Å²) in [4.78, 5) is 24.1. The predicted octanol–water partition coefficient (Wildman–Crippen LogP) is 1.31. The van der Waals surface area contributed by atoms with E-state index in [2.05, 4.69) is 5.16 Å². The Bertz CT molecular complexity index is 436. The van der Waals surface area contributed by atoms with Crippen LogP contribution in [0.5, 0.6) is 0 Å². The molecular weight excluding hydrogens is 224 g/mol. The van der Waals surface area contributed by atoms with Gasteiger partial charge in [0.25, 0.3) is 5.91 Å². The fraction of sp³-hybridized carbons (Fsp3) is 0.545. The molecule has 6 heteroatoms. The van der Waals surface area contributed by atoms with E-state index in [1.54, 1.807) is 27.8 Å². The zero-order valence-electron chi connectivity index (χ0n) is 10.4. The fourth-order valence-corrected chi connectivity index (χ4v) is 1.40. The van der Waals surface area contributed by atoms with Gasteiger partial charge in [0, 0.05) is 18.7 Å². The molecule has 0 bridgehead atoms. The third-order valence-electron chi connectivity index (χ3n) is 2.64. The Labute approximate surface area is 99.2 Å². The van der Waals surface area contributed by atoms with Gasteiger partial charge in [0.05, 0.1) is 6.42 Å². The average molecular weight is 240 g/mol. The minimum atomic E-state index is -0.953. The summed E-state index contributed by atoms with van der Waals surface area (Å²) in [6.45, 7) is 5.06. The van der Waals surface area contributed by atoms with E-state index >= 15 is 0 Å². The van der Waals surface area contributed by atoms with E-state index in [9.17, 15) is 9.59 Å². The maximum atomic E-state index is 12.0. The zero-order chi connectivity index (χ0) is 13.2. The van der Waals surface area contributed by atoms with Gasteiger partial charge in [-0.15, -0.1) is 0 Å². The molecule has 6 nitrogen and oxygen atoms in total. The Balaban J connectivity index is 2.86. The number of carbonyl (C=O) groups is 2. The number of aromatic nitrogens is 1. The van der Waals surface area contributed by atoms with Crippen LogP contribution in [-0.2, 0) is 4.79 Å². The molecule has 17 heavy (non-hydrogen) atoms. The SMILES string of the molecule is Cc1cc(C(=O)N(C)C(C)(C)CC(=O)O)no1. The maximum Gasteiger partial charge on any atom is 0.305 e. The highest BCUT2D eigenvalue weighted by molar-refractivity contribution is 5.92. The monoisotopic (exact) mass is 240 g/mol. The van der Waals surface area contributed by atoms with Crippen LogP contribution in [0.2, 0.25) is 0 Å². The van der Waals surface area contributed by atoms with Crippen molar-refractivity contribution in [2.45, 2.75) is 32.7 Å². The van der Waals surface area contributed by atoms with Gasteiger partial charge in [-0.25, -0.2) is 0 Å². The van der Waals surface area contributed by atoms with Crippen LogP contribution in [-0.4, -0.2) is 39.6 Å². The molecular formula is C11H16N2O4. The van der Waals surface area contributed by atoms with Crippen LogP contribution < -0.4 is 0 Å². The summed E-state index contributed by atoms with van der Waals surface area (Å²) < 4.78 is 4.82. The Morgan fingerprint density at radius 1 is 1.53 bits per heavy atom. The molecule has 1 rings (SSSR count). The largest absolute Gasteiger partial charge is 0.481 e. The van der Waals surface area contributed by atoms with Gasteiger partial charge < -0.3 is 14.5 Å². The van der Waals surface area contributed by atoms with Crippen molar-refractivity contribution in [2.24, 2.45) is 0 Å². The van der Waals surface area contributed by atoms with Gasteiger partial charge in [0.1, 0.15) is 5.76 Å². The molecule has 94 valence electrons. The summed E-state index contributed by atoms with van der Waals surface area (Å²) >= 11 is 0. The number of hydrogen-bond acceptors (Lipinski definition) is 4. The molecule has 0 atom stereocenters. The number of aliphatic carboxylic acids is 1. The smallest absolute Gasteiger partial charge is 0.305 e. The summed E-state index contributed by atoms with van der Waals surface area (Å²) in [6.07, 6.45) is -0.133. The second-order valence-electron chi connectivity index (χ2n) is 4.57. The van der Waals surface area contributed by atoms with E-state index in [4.69, 9.17) is 9.63 Å². The van der Waals surface area contributed by atoms with Crippen LogP contribution in [0.4, 0.5) is 0 Å². The van der Waals surface area contributed by atoms with Crippen molar-refractivity contribution in [2.75, 3.05) is 7.05 Å². The van der Waals surface area contributed by atoms with Crippen molar-refractivity contribution >= 4 is 11.9 Å². The molecule has 0 aromatic carbocycles. The lowest BCUT2D eigenvalue weighted by atomic mass is 9.98. The van der Waals surface area contributed by atoms with Crippen LogP contribution in [0.25, 0.3) is 0 Å². The third kappa shape index (κ3) is 3.05. The fourth-order valence-electron chi connectivity index (χ4n) is 1.40. The van der Waals surface area contributed by atoms with Gasteiger partial charge in [-0.3, -0.25) is 9.59 Å². The van der Waals surface area contributed by atoms with Crippen molar-refractivity contribution in [1.29, 1.82) is 0 Å². The van der Waals surface area contributed by atoms with E-state index in [1.165, 1.54) is 11.0 Å². The molecule has 1 aromatic heterocycles. The highest BCUT2D eigenvalue weighted by Gasteiger charge is 2.31. The summed E-state index contributed by atoms with van der Waals surface area (Å²) in [7, 11) is 1.55. The summed E-state index contributed by atoms with van der Waals surface area (Å²) in [5, 5.41) is 12.4. The lowest BCUT2D eigenvalue weighted by molar-refractivity contribution is -0.139. The normalized spacial score (nSPS) is 11.3. The summed E-state index contributed by atoms with van der Waals surface area (Å²) in [5.41, 5.74) is -0.598. The lowest BCUT2D eigenvalue weighted by Crippen LogP contribution is -2.46. The molecule has 0 saturated heterocycles. The number of aryl methyl sites for hydroxylation is 1. The topological polar surface area (TPSA) is 83.6 Å². The minimum Gasteiger partial charge on any atom is -0.481 e. The highest BCUT2D eigenvalue weighted by atomic mass is 16.5. The predicted molar refractivity (Wildman–Crippen MR) is 59.7 cm³/mol. The zero-order valence-corrected chi connectivity index (χ0v) is 10.4. The molecule has 1 N–H and O–H groups in total. The quantitative estimate of drug-likeness (QED) is 0.857. The standard InChI is InChI=1S/C11H16N2O4/c1-7-5-8(12-17-7)10(16)13(4)11(2,3)6-9(14)15/h5H,6H2,1-4H3,(H,14,15). The third-order valence-corrected chi connectivity index (χ3v) is 2.64. The number of rotatable bonds is 4. The molecule has 0 aliphatic heterocycles. The molecule has 0 aliphatic carbocycles. The van der Waals surface area contributed by atoms with Gasteiger partial charge >= 0.3 is 5.97 Å². The van der Waals surface area contributed by atoms with E-state index in [1.807, 2.05) is 0 Å². The van der Waals surface area contributed by atoms with Gasteiger partial charge in [-0.1, -0.05) is 5.16 Å².